The molecule has 0 saturated carbocycles. The second-order valence-electron chi connectivity index (χ2n) is 6.86. The van der Waals surface area contributed by atoms with Crippen molar-refractivity contribution in [2.75, 3.05) is 0 Å². The molecule has 6 nitrogen and oxygen atoms in total. The van der Waals surface area contributed by atoms with Gasteiger partial charge in [-0.2, -0.15) is 0 Å². The maximum Gasteiger partial charge on any atom is 0.259 e. The van der Waals surface area contributed by atoms with Gasteiger partial charge in [0.15, 0.2) is 5.78 Å². The van der Waals surface area contributed by atoms with Crippen molar-refractivity contribution in [1.82, 2.24) is 5.32 Å². The van der Waals surface area contributed by atoms with Crippen molar-refractivity contribution in [1.29, 1.82) is 0 Å². The first-order valence-electron chi connectivity index (χ1n) is 8.79. The molecule has 1 aliphatic rings. The van der Waals surface area contributed by atoms with Crippen LogP contribution in [0.15, 0.2) is 59.4 Å². The normalized spacial score (nSPS) is 22.1. The van der Waals surface area contributed by atoms with E-state index >= 15 is 0 Å². The summed E-state index contributed by atoms with van der Waals surface area (Å²) < 4.78 is 0. The molecule has 0 spiro atoms. The standard InChI is InChI=1S/C21H25NO5/c1-12(10-13(2)14(3)23)4-9-18(25)19-20(26)17(22-21(19)27)11-15-5-7-16(24)8-6-15/h4-10,13-14,17,23-25H,11H2,1-3H3,(H,22,27)/b9-4+,12-10+,19-18+/t13-,14+,17-/m0/s1. The molecule has 0 radical (unpaired) electrons. The highest BCUT2D eigenvalue weighted by atomic mass is 16.3. The van der Waals surface area contributed by atoms with E-state index in [-0.39, 0.29) is 29.4 Å². The van der Waals surface area contributed by atoms with Gasteiger partial charge in [-0.3, -0.25) is 9.59 Å². The molecular weight excluding hydrogens is 346 g/mol. The molecule has 144 valence electrons. The lowest BCUT2D eigenvalue weighted by atomic mass is 10.0. The summed E-state index contributed by atoms with van der Waals surface area (Å²) in [7, 11) is 0. The van der Waals surface area contributed by atoms with Crippen LogP contribution in [-0.2, 0) is 16.0 Å². The van der Waals surface area contributed by atoms with E-state index < -0.39 is 23.8 Å². The summed E-state index contributed by atoms with van der Waals surface area (Å²) in [6.45, 7) is 5.35. The molecule has 0 aliphatic carbocycles. The van der Waals surface area contributed by atoms with E-state index in [1.165, 1.54) is 18.2 Å². The Balaban J connectivity index is 2.14. The van der Waals surface area contributed by atoms with Gasteiger partial charge in [-0.1, -0.05) is 36.8 Å². The van der Waals surface area contributed by atoms with Gasteiger partial charge in [0.2, 0.25) is 0 Å². The van der Waals surface area contributed by atoms with Crippen molar-refractivity contribution in [2.24, 2.45) is 5.92 Å². The van der Waals surface area contributed by atoms with Crippen LogP contribution in [0.4, 0.5) is 0 Å². The number of aliphatic hydroxyl groups excluding tert-OH is 2. The van der Waals surface area contributed by atoms with Crippen LogP contribution in [0.5, 0.6) is 5.75 Å². The maximum atomic E-state index is 12.5. The number of benzene rings is 1. The van der Waals surface area contributed by atoms with Crippen LogP contribution in [-0.4, -0.2) is 39.2 Å². The molecule has 0 bridgehead atoms. The van der Waals surface area contributed by atoms with Gasteiger partial charge >= 0.3 is 0 Å². The van der Waals surface area contributed by atoms with Gasteiger partial charge in [-0.25, -0.2) is 0 Å². The Bertz CT molecular complexity index is 802. The summed E-state index contributed by atoms with van der Waals surface area (Å²) in [6.07, 6.45) is 4.52. The number of phenols is 1. The first-order chi connectivity index (χ1) is 12.7. The lowest BCUT2D eigenvalue weighted by Gasteiger charge is -2.09. The number of nitrogens with one attached hydrogen (secondary N) is 1. The Morgan fingerprint density at radius 2 is 1.81 bits per heavy atom. The number of allylic oxidation sites excluding steroid dienone is 3. The predicted octanol–water partition coefficient (Wildman–Crippen LogP) is 2.33. The van der Waals surface area contributed by atoms with E-state index in [1.54, 1.807) is 32.1 Å². The largest absolute Gasteiger partial charge is 0.508 e. The molecule has 1 aromatic carbocycles. The lowest BCUT2D eigenvalue weighted by molar-refractivity contribution is -0.117. The summed E-state index contributed by atoms with van der Waals surface area (Å²) in [6, 6.07) is 5.62. The van der Waals surface area contributed by atoms with Crippen LogP contribution in [0, 0.1) is 5.92 Å². The smallest absolute Gasteiger partial charge is 0.259 e. The molecule has 1 amide bonds. The molecular formula is C21H25NO5. The number of carbonyl (C=O) groups is 2. The van der Waals surface area contributed by atoms with Crippen molar-refractivity contribution in [3.8, 4) is 5.75 Å². The Labute approximate surface area is 158 Å². The summed E-state index contributed by atoms with van der Waals surface area (Å²) >= 11 is 0. The van der Waals surface area contributed by atoms with Crippen molar-refractivity contribution in [2.45, 2.75) is 39.3 Å². The van der Waals surface area contributed by atoms with E-state index in [1.807, 2.05) is 13.0 Å². The van der Waals surface area contributed by atoms with Crippen LogP contribution < -0.4 is 5.32 Å². The van der Waals surface area contributed by atoms with Crippen molar-refractivity contribution >= 4 is 11.7 Å². The molecule has 1 aliphatic heterocycles. The van der Waals surface area contributed by atoms with Crippen LogP contribution in [0.2, 0.25) is 0 Å². The van der Waals surface area contributed by atoms with E-state index in [4.69, 9.17) is 0 Å². The van der Waals surface area contributed by atoms with Crippen LogP contribution in [0.3, 0.4) is 0 Å². The van der Waals surface area contributed by atoms with E-state index in [0.29, 0.717) is 0 Å². The number of aliphatic hydroxyl groups is 2. The van der Waals surface area contributed by atoms with Crippen LogP contribution >= 0.6 is 0 Å². The zero-order chi connectivity index (χ0) is 20.1. The van der Waals surface area contributed by atoms with Gasteiger partial charge in [0, 0.05) is 12.3 Å². The highest BCUT2D eigenvalue weighted by molar-refractivity contribution is 6.27. The highest BCUT2D eigenvalue weighted by Crippen LogP contribution is 2.20. The van der Waals surface area contributed by atoms with E-state index in [0.717, 1.165) is 11.1 Å². The Morgan fingerprint density at radius 1 is 1.19 bits per heavy atom. The van der Waals surface area contributed by atoms with Gasteiger partial charge in [0.25, 0.3) is 5.91 Å². The molecule has 27 heavy (non-hydrogen) atoms. The van der Waals surface area contributed by atoms with E-state index in [9.17, 15) is 24.9 Å². The van der Waals surface area contributed by atoms with E-state index in [2.05, 4.69) is 5.32 Å². The molecule has 3 atom stereocenters. The number of carbonyl (C=O) groups excluding carboxylic acids is 2. The predicted molar refractivity (Wildman–Crippen MR) is 102 cm³/mol. The van der Waals surface area contributed by atoms with Gasteiger partial charge in [0.1, 0.15) is 17.1 Å². The van der Waals surface area contributed by atoms with Crippen molar-refractivity contribution in [3.05, 3.63) is 65.0 Å². The zero-order valence-corrected chi connectivity index (χ0v) is 15.6. The fraction of sp³-hybridized carbons (Fsp3) is 0.333. The Hall–Kier alpha value is -2.86. The van der Waals surface area contributed by atoms with Gasteiger partial charge < -0.3 is 20.6 Å². The SMILES string of the molecule is CC(/C=C/C(O)=C1\C(=O)N[C@@H](Cc2ccc(O)cc2)C1=O)=C\[C@H](C)[C@@H](C)O. The summed E-state index contributed by atoms with van der Waals surface area (Å²) in [4.78, 5) is 24.6. The minimum atomic E-state index is -0.750. The first-order valence-corrected chi connectivity index (χ1v) is 8.79. The number of hydrogen-bond acceptors (Lipinski definition) is 5. The third-order valence-corrected chi connectivity index (χ3v) is 4.52. The van der Waals surface area contributed by atoms with Gasteiger partial charge in [0.05, 0.1) is 12.1 Å². The average molecular weight is 371 g/mol. The molecule has 0 unspecified atom stereocenters. The number of rotatable bonds is 6. The van der Waals surface area contributed by atoms with Gasteiger partial charge in [-0.15, -0.1) is 0 Å². The van der Waals surface area contributed by atoms with Crippen molar-refractivity contribution < 1.29 is 24.9 Å². The summed E-state index contributed by atoms with van der Waals surface area (Å²) in [5.41, 5.74) is 1.32. The molecule has 2 rings (SSSR count). The maximum absolute atomic E-state index is 12.5. The molecule has 1 saturated heterocycles. The number of amides is 1. The quantitative estimate of drug-likeness (QED) is 0.266. The second kappa shape index (κ2) is 8.68. The Kier molecular flexibility index (Phi) is 6.58. The van der Waals surface area contributed by atoms with Crippen LogP contribution in [0.25, 0.3) is 0 Å². The minimum Gasteiger partial charge on any atom is -0.508 e. The number of ketones is 1. The molecule has 4 N–H and O–H groups in total. The third-order valence-electron chi connectivity index (χ3n) is 4.52. The number of Topliss-reactive ketones (excluding diaryl/α,β-unsaturated/α-hetero) is 1. The first kappa shape index (κ1) is 20.5. The summed E-state index contributed by atoms with van der Waals surface area (Å²) in [5.74, 6) is -1.39. The molecule has 1 heterocycles. The lowest BCUT2D eigenvalue weighted by Crippen LogP contribution is -2.31. The molecule has 1 fully saturated rings. The zero-order valence-electron chi connectivity index (χ0n) is 15.6. The van der Waals surface area contributed by atoms with Crippen molar-refractivity contribution in [3.63, 3.8) is 0 Å². The Morgan fingerprint density at radius 3 is 2.41 bits per heavy atom. The fourth-order valence-corrected chi connectivity index (χ4v) is 2.74. The van der Waals surface area contributed by atoms with Crippen LogP contribution in [0.1, 0.15) is 26.3 Å². The van der Waals surface area contributed by atoms with Gasteiger partial charge in [-0.05, 0) is 37.6 Å². The average Bonchev–Trinajstić information content (AvgIpc) is 2.88. The highest BCUT2D eigenvalue weighted by Gasteiger charge is 2.37. The summed E-state index contributed by atoms with van der Waals surface area (Å²) in [5, 5.41) is 31.6. The topological polar surface area (TPSA) is 107 Å². The second-order valence-corrected chi connectivity index (χ2v) is 6.86. The minimum absolute atomic E-state index is 0.0597. The molecule has 6 heteroatoms. The molecule has 1 aromatic rings. The monoisotopic (exact) mass is 371 g/mol. The number of phenolic OH excluding ortho intramolecular Hbond substituents is 1. The number of aromatic hydroxyl groups is 1. The molecule has 0 aromatic heterocycles. The third kappa shape index (κ3) is 5.31. The fourth-order valence-electron chi connectivity index (χ4n) is 2.74. The number of hydrogen-bond donors (Lipinski definition) is 4.